The summed E-state index contributed by atoms with van der Waals surface area (Å²) < 4.78 is 0. The van der Waals surface area contributed by atoms with Crippen LogP contribution < -0.4 is 5.32 Å². The van der Waals surface area contributed by atoms with Crippen molar-refractivity contribution >= 4 is 5.91 Å². The Morgan fingerprint density at radius 2 is 1.90 bits per heavy atom. The zero-order chi connectivity index (χ0) is 14.4. The Bertz CT molecular complexity index is 421. The molecule has 1 aliphatic rings. The van der Waals surface area contributed by atoms with Gasteiger partial charge in [0.15, 0.2) is 0 Å². The summed E-state index contributed by atoms with van der Waals surface area (Å²) in [6.45, 7) is 5.24. The number of hydrogen-bond donors (Lipinski definition) is 1. The van der Waals surface area contributed by atoms with Crippen molar-refractivity contribution in [3.63, 3.8) is 0 Å². The minimum atomic E-state index is 0.140. The van der Waals surface area contributed by atoms with Crippen LogP contribution in [0.2, 0.25) is 0 Å². The first-order valence-electron chi connectivity index (χ1n) is 7.76. The first kappa shape index (κ1) is 15.0. The number of amides is 1. The van der Waals surface area contributed by atoms with E-state index in [1.54, 1.807) is 0 Å². The van der Waals surface area contributed by atoms with Crippen molar-refractivity contribution in [3.05, 3.63) is 35.4 Å². The van der Waals surface area contributed by atoms with Gasteiger partial charge in [-0.25, -0.2) is 0 Å². The number of benzene rings is 1. The van der Waals surface area contributed by atoms with E-state index in [-0.39, 0.29) is 5.91 Å². The summed E-state index contributed by atoms with van der Waals surface area (Å²) in [7, 11) is 1.91. The topological polar surface area (TPSA) is 32.3 Å². The molecule has 0 spiro atoms. The molecule has 1 aromatic carbocycles. The van der Waals surface area contributed by atoms with Crippen LogP contribution in [0.25, 0.3) is 0 Å². The highest BCUT2D eigenvalue weighted by Crippen LogP contribution is 2.16. The normalized spacial score (nSPS) is 16.1. The van der Waals surface area contributed by atoms with E-state index in [1.807, 2.05) is 36.2 Å². The van der Waals surface area contributed by atoms with Gasteiger partial charge in [-0.05, 0) is 62.4 Å². The molecule has 20 heavy (non-hydrogen) atoms. The lowest BCUT2D eigenvalue weighted by Crippen LogP contribution is -2.32. The van der Waals surface area contributed by atoms with Gasteiger partial charge in [-0.1, -0.05) is 19.1 Å². The highest BCUT2D eigenvalue weighted by molar-refractivity contribution is 5.94. The Labute approximate surface area is 122 Å². The maximum Gasteiger partial charge on any atom is 0.253 e. The molecule has 0 unspecified atom stereocenters. The van der Waals surface area contributed by atoms with Crippen LogP contribution in [0.3, 0.4) is 0 Å². The Kier molecular flexibility index (Phi) is 5.60. The third-order valence-corrected chi connectivity index (χ3v) is 4.29. The molecule has 1 aliphatic heterocycles. The molecule has 110 valence electrons. The van der Waals surface area contributed by atoms with Gasteiger partial charge in [0.1, 0.15) is 0 Å². The van der Waals surface area contributed by atoms with E-state index in [4.69, 9.17) is 0 Å². The summed E-state index contributed by atoms with van der Waals surface area (Å²) in [5.74, 6) is 0.913. The van der Waals surface area contributed by atoms with E-state index in [1.165, 1.54) is 18.4 Å². The molecule has 0 radical (unpaired) electrons. The van der Waals surface area contributed by atoms with Crippen LogP contribution in [0.1, 0.15) is 42.1 Å². The molecule has 1 aromatic rings. The van der Waals surface area contributed by atoms with Crippen LogP contribution in [-0.4, -0.2) is 37.5 Å². The molecule has 1 amide bonds. The molecule has 1 N–H and O–H groups in total. The van der Waals surface area contributed by atoms with Crippen molar-refractivity contribution < 1.29 is 4.79 Å². The van der Waals surface area contributed by atoms with Crippen LogP contribution in [0.5, 0.6) is 0 Å². The molecule has 0 bridgehead atoms. The van der Waals surface area contributed by atoms with Crippen molar-refractivity contribution in [3.8, 4) is 0 Å². The monoisotopic (exact) mass is 274 g/mol. The Hall–Kier alpha value is -1.35. The minimum absolute atomic E-state index is 0.140. The van der Waals surface area contributed by atoms with Crippen LogP contribution in [-0.2, 0) is 6.42 Å². The first-order chi connectivity index (χ1) is 9.70. The Balaban J connectivity index is 1.83. The van der Waals surface area contributed by atoms with Gasteiger partial charge in [-0.15, -0.1) is 0 Å². The SMILES string of the molecule is CCc1ccc(C(=O)N(C)CCC2CCNCC2)cc1. The summed E-state index contributed by atoms with van der Waals surface area (Å²) in [4.78, 5) is 14.2. The number of rotatable bonds is 5. The maximum absolute atomic E-state index is 12.3. The number of nitrogens with one attached hydrogen (secondary N) is 1. The second-order valence-electron chi connectivity index (χ2n) is 5.76. The summed E-state index contributed by atoms with van der Waals surface area (Å²) in [6.07, 6.45) is 4.62. The van der Waals surface area contributed by atoms with E-state index in [9.17, 15) is 4.79 Å². The van der Waals surface area contributed by atoms with Crippen molar-refractivity contribution in [2.45, 2.75) is 32.6 Å². The van der Waals surface area contributed by atoms with Gasteiger partial charge in [-0.2, -0.15) is 0 Å². The van der Waals surface area contributed by atoms with Gasteiger partial charge >= 0.3 is 0 Å². The fourth-order valence-corrected chi connectivity index (χ4v) is 2.75. The average molecular weight is 274 g/mol. The molecule has 3 heteroatoms. The number of hydrogen-bond acceptors (Lipinski definition) is 2. The highest BCUT2D eigenvalue weighted by Gasteiger charge is 2.16. The smallest absolute Gasteiger partial charge is 0.253 e. The van der Waals surface area contributed by atoms with Gasteiger partial charge in [-0.3, -0.25) is 4.79 Å². The predicted octanol–water partition coefficient (Wildman–Crippen LogP) is 2.71. The minimum Gasteiger partial charge on any atom is -0.342 e. The summed E-state index contributed by atoms with van der Waals surface area (Å²) in [5.41, 5.74) is 2.08. The van der Waals surface area contributed by atoms with Crippen molar-refractivity contribution in [2.75, 3.05) is 26.7 Å². The number of carbonyl (C=O) groups excluding carboxylic acids is 1. The molecule has 0 atom stereocenters. The molecular formula is C17H26N2O. The fraction of sp³-hybridized carbons (Fsp3) is 0.588. The van der Waals surface area contributed by atoms with E-state index in [0.29, 0.717) is 0 Å². The molecule has 2 rings (SSSR count). The lowest BCUT2D eigenvalue weighted by atomic mass is 9.94. The predicted molar refractivity (Wildman–Crippen MR) is 83.0 cm³/mol. The Morgan fingerprint density at radius 3 is 2.50 bits per heavy atom. The fourth-order valence-electron chi connectivity index (χ4n) is 2.75. The molecule has 1 saturated heterocycles. The second-order valence-corrected chi connectivity index (χ2v) is 5.76. The molecule has 0 aromatic heterocycles. The van der Waals surface area contributed by atoms with E-state index < -0.39 is 0 Å². The van der Waals surface area contributed by atoms with E-state index in [2.05, 4.69) is 12.2 Å². The number of aryl methyl sites for hydroxylation is 1. The summed E-state index contributed by atoms with van der Waals surface area (Å²) >= 11 is 0. The number of piperidine rings is 1. The van der Waals surface area contributed by atoms with Crippen LogP contribution in [0.15, 0.2) is 24.3 Å². The zero-order valence-corrected chi connectivity index (χ0v) is 12.7. The second kappa shape index (κ2) is 7.44. The lowest BCUT2D eigenvalue weighted by Gasteiger charge is -2.25. The van der Waals surface area contributed by atoms with Gasteiger partial charge in [0.25, 0.3) is 5.91 Å². The quantitative estimate of drug-likeness (QED) is 0.895. The number of nitrogens with zero attached hydrogens (tertiary/aromatic N) is 1. The largest absolute Gasteiger partial charge is 0.342 e. The first-order valence-corrected chi connectivity index (χ1v) is 7.76. The third kappa shape index (κ3) is 4.07. The molecule has 3 nitrogen and oxygen atoms in total. The van der Waals surface area contributed by atoms with Gasteiger partial charge in [0.05, 0.1) is 0 Å². The zero-order valence-electron chi connectivity index (χ0n) is 12.7. The maximum atomic E-state index is 12.3. The van der Waals surface area contributed by atoms with Crippen LogP contribution >= 0.6 is 0 Å². The van der Waals surface area contributed by atoms with Crippen LogP contribution in [0, 0.1) is 5.92 Å². The van der Waals surface area contributed by atoms with Crippen LogP contribution in [0.4, 0.5) is 0 Å². The lowest BCUT2D eigenvalue weighted by molar-refractivity contribution is 0.0784. The third-order valence-electron chi connectivity index (χ3n) is 4.29. The standard InChI is InChI=1S/C17H26N2O/c1-3-14-4-6-16(7-5-14)17(20)19(2)13-10-15-8-11-18-12-9-15/h4-7,15,18H,3,8-13H2,1-2H3. The van der Waals surface area contributed by atoms with E-state index in [0.717, 1.165) is 44.0 Å². The summed E-state index contributed by atoms with van der Waals surface area (Å²) in [5, 5.41) is 3.38. The Morgan fingerprint density at radius 1 is 1.25 bits per heavy atom. The molecule has 0 aliphatic carbocycles. The van der Waals surface area contributed by atoms with Gasteiger partial charge in [0.2, 0.25) is 0 Å². The number of carbonyl (C=O) groups is 1. The van der Waals surface area contributed by atoms with Crippen molar-refractivity contribution in [2.24, 2.45) is 5.92 Å². The summed E-state index contributed by atoms with van der Waals surface area (Å²) in [6, 6.07) is 7.99. The van der Waals surface area contributed by atoms with Crippen molar-refractivity contribution in [1.82, 2.24) is 10.2 Å². The molecular weight excluding hydrogens is 248 g/mol. The van der Waals surface area contributed by atoms with E-state index >= 15 is 0 Å². The van der Waals surface area contributed by atoms with Gasteiger partial charge < -0.3 is 10.2 Å². The molecule has 0 saturated carbocycles. The van der Waals surface area contributed by atoms with Crippen molar-refractivity contribution in [1.29, 1.82) is 0 Å². The molecule has 1 fully saturated rings. The highest BCUT2D eigenvalue weighted by atomic mass is 16.2. The van der Waals surface area contributed by atoms with Gasteiger partial charge in [0, 0.05) is 19.2 Å². The average Bonchev–Trinajstić information content (AvgIpc) is 2.53. The molecule has 1 heterocycles.